The summed E-state index contributed by atoms with van der Waals surface area (Å²) in [5, 5.41) is 2.38. The number of benzene rings is 1. The van der Waals surface area contributed by atoms with Crippen molar-refractivity contribution in [1.29, 1.82) is 0 Å². The number of hydrogen-bond donors (Lipinski definition) is 1. The van der Waals surface area contributed by atoms with E-state index in [-0.39, 0.29) is 12.4 Å². The molecule has 0 atom stereocenters. The molecule has 0 amide bonds. The van der Waals surface area contributed by atoms with Crippen molar-refractivity contribution in [2.45, 2.75) is 51.2 Å². The van der Waals surface area contributed by atoms with E-state index in [1.165, 1.54) is 10.9 Å². The molecule has 3 rings (SSSR count). The van der Waals surface area contributed by atoms with E-state index in [1.807, 2.05) is 18.5 Å². The van der Waals surface area contributed by atoms with Gasteiger partial charge in [-0.1, -0.05) is 19.1 Å². The van der Waals surface area contributed by atoms with Crippen molar-refractivity contribution in [1.82, 2.24) is 4.98 Å². The van der Waals surface area contributed by atoms with Gasteiger partial charge in [-0.3, -0.25) is 4.98 Å². The quantitative estimate of drug-likeness (QED) is 0.936. The van der Waals surface area contributed by atoms with Crippen molar-refractivity contribution >= 4 is 23.2 Å². The lowest BCUT2D eigenvalue weighted by Gasteiger charge is -2.27. The maximum absolute atomic E-state index is 6.28. The molecule has 3 nitrogen and oxygen atoms in total. The fraction of sp³-hybridized carbons (Fsp3) is 0.471. The highest BCUT2D eigenvalue weighted by Gasteiger charge is 2.20. The number of rotatable bonds is 3. The van der Waals surface area contributed by atoms with Crippen LogP contribution in [0.25, 0.3) is 10.8 Å². The van der Waals surface area contributed by atoms with Crippen LogP contribution < -0.4 is 10.5 Å². The molecule has 0 spiro atoms. The Balaban J connectivity index is 0.00000161. The number of aryl methyl sites for hydroxylation is 1. The molecule has 0 saturated heterocycles. The maximum atomic E-state index is 6.28. The van der Waals surface area contributed by atoms with Crippen LogP contribution in [-0.4, -0.2) is 17.1 Å². The van der Waals surface area contributed by atoms with Crippen molar-refractivity contribution in [3.05, 3.63) is 36.2 Å². The van der Waals surface area contributed by atoms with Crippen molar-refractivity contribution in [2.75, 3.05) is 0 Å². The van der Waals surface area contributed by atoms with E-state index < -0.39 is 0 Å². The van der Waals surface area contributed by atoms with E-state index >= 15 is 0 Å². The molecule has 2 N–H and O–H groups in total. The van der Waals surface area contributed by atoms with Crippen LogP contribution in [0.5, 0.6) is 5.75 Å². The summed E-state index contributed by atoms with van der Waals surface area (Å²) in [5.41, 5.74) is 7.22. The largest absolute Gasteiger partial charge is 0.490 e. The first-order valence-electron chi connectivity index (χ1n) is 7.55. The normalized spacial score (nSPS) is 21.8. The summed E-state index contributed by atoms with van der Waals surface area (Å²) in [6, 6.07) is 6.59. The zero-order valence-electron chi connectivity index (χ0n) is 12.4. The lowest BCUT2D eigenvalue weighted by atomic mass is 9.93. The summed E-state index contributed by atoms with van der Waals surface area (Å²) in [5.74, 6) is 1.00. The second-order valence-electron chi connectivity index (χ2n) is 5.66. The molecule has 1 aliphatic carbocycles. The van der Waals surface area contributed by atoms with Crippen LogP contribution in [0.15, 0.2) is 30.6 Å². The van der Waals surface area contributed by atoms with Crippen LogP contribution in [0.2, 0.25) is 0 Å². The predicted octanol–water partition coefficient (Wildman–Crippen LogP) is 3.87. The van der Waals surface area contributed by atoms with Crippen LogP contribution in [0, 0.1) is 0 Å². The molecule has 0 aliphatic heterocycles. The highest BCUT2D eigenvalue weighted by atomic mass is 35.5. The average molecular weight is 307 g/mol. The van der Waals surface area contributed by atoms with Gasteiger partial charge in [0.15, 0.2) is 0 Å². The number of fused-ring (bicyclic) bond motifs is 1. The van der Waals surface area contributed by atoms with Crippen LogP contribution >= 0.6 is 12.4 Å². The van der Waals surface area contributed by atoms with Gasteiger partial charge in [0.25, 0.3) is 0 Å². The first kappa shape index (κ1) is 16.1. The van der Waals surface area contributed by atoms with E-state index in [4.69, 9.17) is 10.5 Å². The molecule has 1 saturated carbocycles. The van der Waals surface area contributed by atoms with E-state index in [0.717, 1.165) is 43.2 Å². The van der Waals surface area contributed by atoms with Crippen molar-refractivity contribution in [3.8, 4) is 5.75 Å². The van der Waals surface area contributed by atoms with Crippen LogP contribution in [0.3, 0.4) is 0 Å². The Kier molecular flexibility index (Phi) is 5.43. The van der Waals surface area contributed by atoms with Crippen LogP contribution in [0.1, 0.15) is 38.2 Å². The number of pyridine rings is 1. The van der Waals surface area contributed by atoms with E-state index in [1.54, 1.807) is 0 Å². The molecule has 0 unspecified atom stereocenters. The van der Waals surface area contributed by atoms with E-state index in [9.17, 15) is 0 Å². The Hall–Kier alpha value is -1.32. The second kappa shape index (κ2) is 7.10. The first-order chi connectivity index (χ1) is 9.78. The first-order valence-corrected chi connectivity index (χ1v) is 7.55. The Morgan fingerprint density at radius 1 is 1.19 bits per heavy atom. The number of nitrogens with zero attached hydrogens (tertiary/aromatic N) is 1. The van der Waals surface area contributed by atoms with Gasteiger partial charge in [-0.15, -0.1) is 12.4 Å². The Labute approximate surface area is 132 Å². The predicted molar refractivity (Wildman–Crippen MR) is 89.2 cm³/mol. The molecule has 1 fully saturated rings. The monoisotopic (exact) mass is 306 g/mol. The summed E-state index contributed by atoms with van der Waals surface area (Å²) in [4.78, 5) is 4.31. The van der Waals surface area contributed by atoms with Gasteiger partial charge in [0.1, 0.15) is 5.75 Å². The third-order valence-electron chi connectivity index (χ3n) is 4.22. The summed E-state index contributed by atoms with van der Waals surface area (Å²) < 4.78 is 6.28. The molecule has 1 aromatic heterocycles. The highest BCUT2D eigenvalue weighted by molar-refractivity contribution is 5.90. The Morgan fingerprint density at radius 3 is 2.67 bits per heavy atom. The van der Waals surface area contributed by atoms with Gasteiger partial charge >= 0.3 is 0 Å². The fourth-order valence-corrected chi connectivity index (χ4v) is 3.02. The Bertz CT molecular complexity index is 589. The van der Waals surface area contributed by atoms with Crippen molar-refractivity contribution < 1.29 is 4.74 Å². The van der Waals surface area contributed by atoms with Gasteiger partial charge in [-0.25, -0.2) is 0 Å². The smallest absolute Gasteiger partial charge is 0.127 e. The summed E-state index contributed by atoms with van der Waals surface area (Å²) >= 11 is 0. The van der Waals surface area contributed by atoms with E-state index in [0.29, 0.717) is 12.1 Å². The van der Waals surface area contributed by atoms with Gasteiger partial charge in [0.05, 0.1) is 6.10 Å². The number of halogens is 1. The molecule has 1 aromatic carbocycles. The average Bonchev–Trinajstić information content (AvgIpc) is 2.49. The molecular weight excluding hydrogens is 284 g/mol. The minimum Gasteiger partial charge on any atom is -0.490 e. The molecular formula is C17H23ClN2O. The third-order valence-corrected chi connectivity index (χ3v) is 4.22. The zero-order chi connectivity index (χ0) is 13.9. The third kappa shape index (κ3) is 3.47. The minimum atomic E-state index is 0. The SMILES string of the molecule is CCc1cncc2cccc(O[C@H]3CC[C@H](N)CC3)c12.Cl. The molecule has 4 heteroatoms. The maximum Gasteiger partial charge on any atom is 0.127 e. The standard InChI is InChI=1S/C17H22N2O.ClH/c1-2-12-10-19-11-13-4-3-5-16(17(12)13)20-15-8-6-14(18)7-9-15;/h3-5,10-11,14-15H,2,6-9,18H2,1H3;1H/t14-,15-;. The molecule has 21 heavy (non-hydrogen) atoms. The second-order valence-corrected chi connectivity index (χ2v) is 5.66. The van der Waals surface area contributed by atoms with Gasteiger partial charge in [-0.2, -0.15) is 0 Å². The molecule has 0 radical (unpaired) electrons. The summed E-state index contributed by atoms with van der Waals surface area (Å²) in [6.07, 6.45) is 9.40. The van der Waals surface area contributed by atoms with E-state index in [2.05, 4.69) is 24.0 Å². The molecule has 1 heterocycles. The lowest BCUT2D eigenvalue weighted by Crippen LogP contribution is -2.31. The number of ether oxygens (including phenoxy) is 1. The van der Waals surface area contributed by atoms with Gasteiger partial charge in [-0.05, 0) is 43.7 Å². The zero-order valence-corrected chi connectivity index (χ0v) is 13.2. The topological polar surface area (TPSA) is 48.1 Å². The van der Waals surface area contributed by atoms with Crippen LogP contribution in [-0.2, 0) is 6.42 Å². The van der Waals surface area contributed by atoms with Gasteiger partial charge in [0.2, 0.25) is 0 Å². The highest BCUT2D eigenvalue weighted by Crippen LogP contribution is 2.31. The molecule has 2 aromatic rings. The van der Waals surface area contributed by atoms with Crippen molar-refractivity contribution in [3.63, 3.8) is 0 Å². The fourth-order valence-electron chi connectivity index (χ4n) is 3.02. The van der Waals surface area contributed by atoms with Gasteiger partial charge in [0, 0.05) is 29.2 Å². The Morgan fingerprint density at radius 2 is 1.95 bits per heavy atom. The number of aromatic nitrogens is 1. The summed E-state index contributed by atoms with van der Waals surface area (Å²) in [6.45, 7) is 2.16. The summed E-state index contributed by atoms with van der Waals surface area (Å²) in [7, 11) is 0. The molecule has 1 aliphatic rings. The van der Waals surface area contributed by atoms with Crippen LogP contribution in [0.4, 0.5) is 0 Å². The molecule has 114 valence electrons. The minimum absolute atomic E-state index is 0. The lowest BCUT2D eigenvalue weighted by molar-refractivity contribution is 0.149. The number of hydrogen-bond acceptors (Lipinski definition) is 3. The van der Waals surface area contributed by atoms with Gasteiger partial charge < -0.3 is 10.5 Å². The molecule has 0 bridgehead atoms. The number of nitrogens with two attached hydrogens (primary N) is 1. The van der Waals surface area contributed by atoms with Crippen molar-refractivity contribution in [2.24, 2.45) is 5.73 Å².